The van der Waals surface area contributed by atoms with E-state index in [-0.39, 0.29) is 0 Å². The summed E-state index contributed by atoms with van der Waals surface area (Å²) in [6, 6.07) is 0. The lowest BCUT2D eigenvalue weighted by molar-refractivity contribution is -0.113. The minimum Gasteiger partial charge on any atom is -0.444 e. The average Bonchev–Trinajstić information content (AvgIpc) is 2.26. The van der Waals surface area contributed by atoms with E-state index in [2.05, 4.69) is 15.3 Å². The fourth-order valence-electron chi connectivity index (χ4n) is 1.58. The van der Waals surface area contributed by atoms with E-state index >= 15 is 0 Å². The summed E-state index contributed by atoms with van der Waals surface area (Å²) in [5.74, 6) is 0. The van der Waals surface area contributed by atoms with Crippen molar-refractivity contribution < 1.29 is 14.3 Å². The highest BCUT2D eigenvalue weighted by atomic mass is 16.6. The predicted molar refractivity (Wildman–Crippen MR) is 69.6 cm³/mol. The summed E-state index contributed by atoms with van der Waals surface area (Å²) in [5.41, 5.74) is -0.921. The monoisotopic (exact) mass is 265 g/mol. The van der Waals surface area contributed by atoms with Gasteiger partial charge in [0.15, 0.2) is 6.29 Å². The topological polar surface area (TPSA) is 81.2 Å². The maximum absolute atomic E-state index is 11.8. The van der Waals surface area contributed by atoms with Crippen LogP contribution < -0.4 is 5.32 Å². The smallest absolute Gasteiger partial charge is 0.408 e. The van der Waals surface area contributed by atoms with Crippen LogP contribution >= 0.6 is 0 Å². The second-order valence-corrected chi connectivity index (χ2v) is 5.44. The highest BCUT2D eigenvalue weighted by molar-refractivity contribution is 5.77. The van der Waals surface area contributed by atoms with Crippen molar-refractivity contribution in [3.63, 3.8) is 0 Å². The predicted octanol–water partition coefficient (Wildman–Crippen LogP) is 1.72. The number of hydrogen-bond donors (Lipinski definition) is 1. The number of aryl methyl sites for hydroxylation is 1. The van der Waals surface area contributed by atoms with E-state index in [1.807, 2.05) is 0 Å². The van der Waals surface area contributed by atoms with Crippen molar-refractivity contribution in [1.29, 1.82) is 0 Å². The molecule has 0 saturated heterocycles. The highest BCUT2D eigenvalue weighted by Crippen LogP contribution is 2.19. The van der Waals surface area contributed by atoms with Crippen LogP contribution in [0.1, 0.15) is 39.1 Å². The average molecular weight is 265 g/mol. The van der Waals surface area contributed by atoms with Gasteiger partial charge in [0.05, 0.1) is 11.4 Å². The number of nitrogens with one attached hydrogen (secondary N) is 1. The van der Waals surface area contributed by atoms with Gasteiger partial charge in [0.1, 0.15) is 11.1 Å². The number of carbonyl (C=O) groups excluding carboxylic acids is 2. The number of amides is 1. The first-order valence-corrected chi connectivity index (χ1v) is 5.93. The van der Waals surface area contributed by atoms with Crippen molar-refractivity contribution in [2.45, 2.75) is 45.8 Å². The summed E-state index contributed by atoms with van der Waals surface area (Å²) in [5, 5.41) is 2.53. The number of aldehydes is 1. The molecule has 1 atom stereocenters. The quantitative estimate of drug-likeness (QED) is 0.842. The molecule has 0 fully saturated rings. The zero-order chi connectivity index (χ0) is 14.7. The first-order chi connectivity index (χ1) is 8.68. The van der Waals surface area contributed by atoms with Crippen LogP contribution in [0, 0.1) is 6.92 Å². The van der Waals surface area contributed by atoms with E-state index in [9.17, 15) is 9.59 Å². The molecule has 0 saturated carbocycles. The van der Waals surface area contributed by atoms with Crippen LogP contribution in [0.2, 0.25) is 0 Å². The van der Waals surface area contributed by atoms with Gasteiger partial charge < -0.3 is 14.8 Å². The van der Waals surface area contributed by atoms with Gasteiger partial charge >= 0.3 is 6.09 Å². The van der Waals surface area contributed by atoms with Gasteiger partial charge in [-0.25, -0.2) is 4.79 Å². The lowest BCUT2D eigenvalue weighted by Gasteiger charge is -2.27. The fraction of sp³-hybridized carbons (Fsp3) is 0.538. The summed E-state index contributed by atoms with van der Waals surface area (Å²) in [6.07, 6.45) is 2.94. The van der Waals surface area contributed by atoms with Gasteiger partial charge in [0.2, 0.25) is 0 Å². The Morgan fingerprint density at radius 3 is 2.32 bits per heavy atom. The first kappa shape index (κ1) is 15.1. The van der Waals surface area contributed by atoms with E-state index in [4.69, 9.17) is 4.74 Å². The molecular formula is C13H19N3O3. The third kappa shape index (κ3) is 4.01. The first-order valence-electron chi connectivity index (χ1n) is 5.93. The van der Waals surface area contributed by atoms with E-state index in [1.165, 1.54) is 12.4 Å². The van der Waals surface area contributed by atoms with Gasteiger partial charge in [-0.3, -0.25) is 9.97 Å². The van der Waals surface area contributed by atoms with Crippen LogP contribution in [0.25, 0.3) is 0 Å². The standard InChI is InChI=1S/C13H19N3O3/c1-9-10(15-7-6-14-9)13(5,8-17)16-11(18)19-12(2,3)4/h6-8H,1-5H3,(H,16,18). The third-order valence-corrected chi connectivity index (χ3v) is 2.37. The van der Waals surface area contributed by atoms with E-state index in [0.717, 1.165) is 0 Å². The lowest BCUT2D eigenvalue weighted by Crippen LogP contribution is -2.48. The molecule has 1 aromatic heterocycles. The number of rotatable bonds is 3. The number of hydrogen-bond acceptors (Lipinski definition) is 5. The Kier molecular flexibility index (Phi) is 4.24. The van der Waals surface area contributed by atoms with Gasteiger partial charge in [0, 0.05) is 12.4 Å². The summed E-state index contributed by atoms with van der Waals surface area (Å²) in [6.45, 7) is 8.52. The zero-order valence-corrected chi connectivity index (χ0v) is 11.9. The molecule has 0 aliphatic carbocycles. The molecule has 6 nitrogen and oxygen atoms in total. The van der Waals surface area contributed by atoms with E-state index in [0.29, 0.717) is 17.7 Å². The Labute approximate surface area is 112 Å². The van der Waals surface area contributed by atoms with Crippen molar-refractivity contribution in [2.24, 2.45) is 0 Å². The Hall–Kier alpha value is -1.98. The molecule has 0 spiro atoms. The Morgan fingerprint density at radius 1 is 1.26 bits per heavy atom. The second kappa shape index (κ2) is 5.34. The minimum absolute atomic E-state index is 0.399. The van der Waals surface area contributed by atoms with Gasteiger partial charge in [-0.2, -0.15) is 0 Å². The molecule has 104 valence electrons. The maximum Gasteiger partial charge on any atom is 0.408 e. The number of carbonyl (C=O) groups is 2. The van der Waals surface area contributed by atoms with Crippen molar-refractivity contribution in [1.82, 2.24) is 15.3 Å². The molecular weight excluding hydrogens is 246 g/mol. The van der Waals surface area contributed by atoms with Crippen LogP contribution in [-0.4, -0.2) is 27.9 Å². The van der Waals surface area contributed by atoms with Crippen LogP contribution in [0.3, 0.4) is 0 Å². The lowest BCUT2D eigenvalue weighted by atomic mass is 9.98. The summed E-state index contributed by atoms with van der Waals surface area (Å²) in [7, 11) is 0. The van der Waals surface area contributed by atoms with Gasteiger partial charge in [-0.05, 0) is 34.6 Å². The molecule has 1 amide bonds. The summed E-state index contributed by atoms with van der Waals surface area (Å²) >= 11 is 0. The summed E-state index contributed by atoms with van der Waals surface area (Å²) < 4.78 is 5.14. The Morgan fingerprint density at radius 2 is 1.84 bits per heavy atom. The minimum atomic E-state index is -1.26. The number of aromatic nitrogens is 2. The third-order valence-electron chi connectivity index (χ3n) is 2.37. The molecule has 0 radical (unpaired) electrons. The SMILES string of the molecule is Cc1nccnc1C(C)(C=O)NC(=O)OC(C)(C)C. The van der Waals surface area contributed by atoms with Crippen LogP contribution in [-0.2, 0) is 15.1 Å². The Balaban J connectivity index is 2.97. The molecule has 1 rings (SSSR count). The van der Waals surface area contributed by atoms with Crippen molar-refractivity contribution >= 4 is 12.4 Å². The normalized spacial score (nSPS) is 14.4. The number of ether oxygens (including phenoxy) is 1. The van der Waals surface area contributed by atoms with Crippen molar-refractivity contribution in [2.75, 3.05) is 0 Å². The van der Waals surface area contributed by atoms with Gasteiger partial charge in [-0.15, -0.1) is 0 Å². The second-order valence-electron chi connectivity index (χ2n) is 5.44. The summed E-state index contributed by atoms with van der Waals surface area (Å²) in [4.78, 5) is 31.3. The molecule has 0 aromatic carbocycles. The number of nitrogens with zero attached hydrogens (tertiary/aromatic N) is 2. The van der Waals surface area contributed by atoms with Crippen molar-refractivity contribution in [3.8, 4) is 0 Å². The van der Waals surface area contributed by atoms with Crippen LogP contribution in [0.5, 0.6) is 0 Å². The van der Waals surface area contributed by atoms with Crippen LogP contribution in [0.4, 0.5) is 4.79 Å². The number of alkyl carbamates (subject to hydrolysis) is 1. The Bertz CT molecular complexity index is 482. The largest absolute Gasteiger partial charge is 0.444 e. The molecule has 0 aliphatic heterocycles. The molecule has 19 heavy (non-hydrogen) atoms. The molecule has 1 heterocycles. The molecule has 6 heteroatoms. The maximum atomic E-state index is 11.8. The molecule has 1 aromatic rings. The zero-order valence-electron chi connectivity index (χ0n) is 11.9. The van der Waals surface area contributed by atoms with Crippen LogP contribution in [0.15, 0.2) is 12.4 Å². The van der Waals surface area contributed by atoms with E-state index < -0.39 is 17.2 Å². The van der Waals surface area contributed by atoms with E-state index in [1.54, 1.807) is 34.6 Å². The van der Waals surface area contributed by atoms with Gasteiger partial charge in [0.25, 0.3) is 0 Å². The molecule has 0 aliphatic rings. The molecule has 1 unspecified atom stereocenters. The highest BCUT2D eigenvalue weighted by Gasteiger charge is 2.33. The van der Waals surface area contributed by atoms with Gasteiger partial charge in [-0.1, -0.05) is 0 Å². The fourth-order valence-corrected chi connectivity index (χ4v) is 1.58. The molecule has 0 bridgehead atoms. The van der Waals surface area contributed by atoms with Crippen molar-refractivity contribution in [3.05, 3.63) is 23.8 Å². The molecule has 1 N–H and O–H groups in total.